The van der Waals surface area contributed by atoms with E-state index < -0.39 is 11.7 Å². The number of aromatic nitrogens is 4. The highest BCUT2D eigenvalue weighted by atomic mass is 32.1. The number of amides is 2. The van der Waals surface area contributed by atoms with Crippen LogP contribution in [-0.2, 0) is 37.5 Å². The van der Waals surface area contributed by atoms with Crippen LogP contribution in [0.4, 0.5) is 10.3 Å². The Hall–Kier alpha value is -3.58. The monoisotopic (exact) mass is 566 g/mol. The van der Waals surface area contributed by atoms with Gasteiger partial charge in [-0.25, -0.2) is 0 Å². The summed E-state index contributed by atoms with van der Waals surface area (Å²) in [5.74, 6) is -0.598. The first kappa shape index (κ1) is 28.4. The summed E-state index contributed by atoms with van der Waals surface area (Å²) < 4.78 is 10.9. The second-order valence-electron chi connectivity index (χ2n) is 8.78. The molecule has 2 N–H and O–H groups in total. The predicted octanol–water partition coefficient (Wildman–Crippen LogP) is 4.78. The van der Waals surface area contributed by atoms with Crippen molar-refractivity contribution in [1.29, 1.82) is 0 Å². The lowest BCUT2D eigenvalue weighted by molar-refractivity contribution is -0.136. The van der Waals surface area contributed by atoms with Crippen LogP contribution in [0.5, 0.6) is 0 Å². The highest BCUT2D eigenvalue weighted by Crippen LogP contribution is 2.28. The third-order valence-electron chi connectivity index (χ3n) is 6.16. The molecule has 4 rings (SSSR count). The molecular formula is C27H30N6O4S2. The zero-order valence-electron chi connectivity index (χ0n) is 21.9. The highest BCUT2D eigenvalue weighted by molar-refractivity contribution is 7.15. The summed E-state index contributed by atoms with van der Waals surface area (Å²) >= 11 is 2.70. The number of methoxy groups -OCH3 is 2. The van der Waals surface area contributed by atoms with Crippen molar-refractivity contribution >= 4 is 44.8 Å². The number of carbonyl (C=O) groups is 2. The summed E-state index contributed by atoms with van der Waals surface area (Å²) in [6, 6.07) is 18.6. The number of hydrogen-bond donors (Lipinski definition) is 2. The molecule has 0 aliphatic rings. The number of nitrogens with zero attached hydrogens (tertiary/aromatic N) is 4. The van der Waals surface area contributed by atoms with Gasteiger partial charge in [0.25, 0.3) is 11.8 Å². The van der Waals surface area contributed by atoms with Gasteiger partial charge in [0.1, 0.15) is 10.0 Å². The Morgan fingerprint density at radius 1 is 0.821 bits per heavy atom. The van der Waals surface area contributed by atoms with Gasteiger partial charge in [-0.05, 0) is 30.9 Å². The standard InChI is InChI=1S/C27H30N6O4S2/c1-27(37-3,19-14-8-5-9-15-19)24(35)29-26-33-31-21(39-26)17-11-10-16-20-30-32-25(38-20)28-23(34)22(36-2)18-12-6-4-7-13-18/h4-9,12-15,22H,10-11,16-17H2,1-3H3,(H,28,32,34)(H,29,33,35)/t22-,27+/m0/s1. The smallest absolute Gasteiger partial charge is 0.262 e. The molecular weight excluding hydrogens is 536 g/mol. The van der Waals surface area contributed by atoms with Gasteiger partial charge in [0.2, 0.25) is 10.3 Å². The van der Waals surface area contributed by atoms with Gasteiger partial charge in [-0.3, -0.25) is 20.2 Å². The summed E-state index contributed by atoms with van der Waals surface area (Å²) in [6.45, 7) is 1.73. The molecule has 0 saturated heterocycles. The zero-order chi connectivity index (χ0) is 27.7. The molecule has 204 valence electrons. The van der Waals surface area contributed by atoms with Crippen molar-refractivity contribution in [3.63, 3.8) is 0 Å². The Morgan fingerprint density at radius 3 is 1.90 bits per heavy atom. The maximum absolute atomic E-state index is 12.9. The van der Waals surface area contributed by atoms with E-state index in [0.717, 1.165) is 46.8 Å². The molecule has 2 aromatic heterocycles. The van der Waals surface area contributed by atoms with E-state index in [1.807, 2.05) is 60.7 Å². The summed E-state index contributed by atoms with van der Waals surface area (Å²) in [4.78, 5) is 25.6. The second-order valence-corrected chi connectivity index (χ2v) is 10.9. The largest absolute Gasteiger partial charge is 0.367 e. The van der Waals surface area contributed by atoms with Crippen molar-refractivity contribution in [2.45, 2.75) is 44.3 Å². The average molecular weight is 567 g/mol. The first-order chi connectivity index (χ1) is 18.9. The van der Waals surface area contributed by atoms with Gasteiger partial charge in [-0.1, -0.05) is 83.3 Å². The van der Waals surface area contributed by atoms with Crippen molar-refractivity contribution in [1.82, 2.24) is 20.4 Å². The Morgan fingerprint density at radius 2 is 1.36 bits per heavy atom. The minimum absolute atomic E-state index is 0.292. The van der Waals surface area contributed by atoms with Gasteiger partial charge in [0.05, 0.1) is 0 Å². The molecule has 10 nitrogen and oxygen atoms in total. The summed E-state index contributed by atoms with van der Waals surface area (Å²) in [5.41, 5.74) is 0.383. The van der Waals surface area contributed by atoms with E-state index >= 15 is 0 Å². The molecule has 0 bridgehead atoms. The van der Waals surface area contributed by atoms with Gasteiger partial charge in [0, 0.05) is 27.1 Å². The second kappa shape index (κ2) is 13.5. The van der Waals surface area contributed by atoms with Crippen molar-refractivity contribution < 1.29 is 19.1 Å². The molecule has 0 spiro atoms. The molecule has 0 radical (unpaired) electrons. The van der Waals surface area contributed by atoms with E-state index in [0.29, 0.717) is 10.3 Å². The van der Waals surface area contributed by atoms with E-state index in [9.17, 15) is 9.59 Å². The zero-order valence-corrected chi connectivity index (χ0v) is 23.6. The van der Waals surface area contributed by atoms with E-state index in [1.165, 1.54) is 36.9 Å². The lowest BCUT2D eigenvalue weighted by atomic mass is 9.95. The Balaban J connectivity index is 1.22. The van der Waals surface area contributed by atoms with Crippen LogP contribution >= 0.6 is 22.7 Å². The number of nitrogens with one attached hydrogen (secondary N) is 2. The molecule has 2 amide bonds. The molecule has 2 heterocycles. The van der Waals surface area contributed by atoms with Crippen LogP contribution < -0.4 is 10.6 Å². The third-order valence-corrected chi connectivity index (χ3v) is 7.95. The summed E-state index contributed by atoms with van der Waals surface area (Å²) in [7, 11) is 3.01. The number of unbranched alkanes of at least 4 members (excludes halogenated alkanes) is 1. The topological polar surface area (TPSA) is 128 Å². The molecule has 0 aliphatic carbocycles. The fraction of sp³-hybridized carbons (Fsp3) is 0.333. The van der Waals surface area contributed by atoms with Crippen LogP contribution in [0.25, 0.3) is 0 Å². The third kappa shape index (κ3) is 7.30. The first-order valence-electron chi connectivity index (χ1n) is 12.4. The molecule has 39 heavy (non-hydrogen) atoms. The Labute approximate surface area is 234 Å². The number of anilines is 2. The van der Waals surface area contributed by atoms with Gasteiger partial charge in [-0.15, -0.1) is 20.4 Å². The van der Waals surface area contributed by atoms with Crippen LogP contribution in [0.2, 0.25) is 0 Å². The van der Waals surface area contributed by atoms with Crippen LogP contribution in [-0.4, -0.2) is 46.4 Å². The maximum atomic E-state index is 12.9. The van der Waals surface area contributed by atoms with E-state index in [-0.39, 0.29) is 11.8 Å². The summed E-state index contributed by atoms with van der Waals surface area (Å²) in [5, 5.41) is 24.8. The maximum Gasteiger partial charge on any atom is 0.262 e. The number of ether oxygens (including phenoxy) is 2. The molecule has 0 fully saturated rings. The molecule has 0 unspecified atom stereocenters. The van der Waals surface area contributed by atoms with Gasteiger partial charge in [0.15, 0.2) is 11.7 Å². The molecule has 0 aliphatic heterocycles. The highest BCUT2D eigenvalue weighted by Gasteiger charge is 2.35. The minimum atomic E-state index is -1.14. The Kier molecular flexibility index (Phi) is 9.82. The minimum Gasteiger partial charge on any atom is -0.367 e. The van der Waals surface area contributed by atoms with E-state index in [4.69, 9.17) is 9.47 Å². The molecule has 0 saturated carbocycles. The molecule has 4 aromatic rings. The fourth-order valence-corrected chi connectivity index (χ4v) is 5.43. The molecule has 2 atom stereocenters. The molecule has 2 aromatic carbocycles. The SMILES string of the molecule is CO[C@H](C(=O)Nc1nnc(CCCCc2nnc(NC(=O)[C@](C)(OC)c3ccccc3)s2)s1)c1ccccc1. The van der Waals surface area contributed by atoms with Crippen molar-refractivity contribution in [2.24, 2.45) is 0 Å². The van der Waals surface area contributed by atoms with Gasteiger partial charge >= 0.3 is 0 Å². The molecule has 12 heteroatoms. The predicted molar refractivity (Wildman–Crippen MR) is 151 cm³/mol. The first-order valence-corrected chi connectivity index (χ1v) is 14.0. The number of rotatable bonds is 13. The van der Waals surface area contributed by atoms with Crippen LogP contribution in [0.3, 0.4) is 0 Å². The van der Waals surface area contributed by atoms with Crippen LogP contribution in [0.1, 0.15) is 47.0 Å². The average Bonchev–Trinajstić information content (AvgIpc) is 3.61. The number of benzene rings is 2. The van der Waals surface area contributed by atoms with E-state index in [1.54, 1.807) is 6.92 Å². The fourth-order valence-electron chi connectivity index (χ4n) is 3.87. The van der Waals surface area contributed by atoms with E-state index in [2.05, 4.69) is 31.0 Å². The number of aryl methyl sites for hydroxylation is 2. The number of hydrogen-bond acceptors (Lipinski definition) is 10. The van der Waals surface area contributed by atoms with Crippen LogP contribution in [0.15, 0.2) is 60.7 Å². The van der Waals surface area contributed by atoms with Crippen LogP contribution in [0, 0.1) is 0 Å². The lowest BCUT2D eigenvalue weighted by Crippen LogP contribution is -2.39. The Bertz CT molecular complexity index is 1360. The normalized spacial score (nSPS) is 13.4. The number of carbonyl (C=O) groups excluding carboxylic acids is 2. The van der Waals surface area contributed by atoms with Crippen molar-refractivity contribution in [2.75, 3.05) is 24.9 Å². The lowest BCUT2D eigenvalue weighted by Gasteiger charge is -2.26. The van der Waals surface area contributed by atoms with Crippen molar-refractivity contribution in [3.8, 4) is 0 Å². The summed E-state index contributed by atoms with van der Waals surface area (Å²) in [6.07, 6.45) is 2.46. The van der Waals surface area contributed by atoms with Gasteiger partial charge < -0.3 is 9.47 Å². The quantitative estimate of drug-likeness (QED) is 0.221. The van der Waals surface area contributed by atoms with Gasteiger partial charge in [-0.2, -0.15) is 0 Å². The van der Waals surface area contributed by atoms with Crippen molar-refractivity contribution in [3.05, 3.63) is 81.8 Å².